The van der Waals surface area contributed by atoms with Crippen LogP contribution in [-0.4, -0.2) is 13.0 Å². The van der Waals surface area contributed by atoms with Crippen molar-refractivity contribution in [1.29, 1.82) is 0 Å². The maximum Gasteiger partial charge on any atom is 0.287 e. The van der Waals surface area contributed by atoms with Crippen molar-refractivity contribution in [3.05, 3.63) is 64.4 Å². The SMILES string of the molecule is COc1ccc2oc(C(=O)NCc3cccc(Cl)c3)c(C)c2c1. The Morgan fingerprint density at radius 2 is 2.09 bits per heavy atom. The fraction of sp³-hybridized carbons (Fsp3) is 0.167. The van der Waals surface area contributed by atoms with Gasteiger partial charge in [-0.15, -0.1) is 0 Å². The normalized spacial score (nSPS) is 10.7. The average Bonchev–Trinajstić information content (AvgIpc) is 2.89. The Morgan fingerprint density at radius 3 is 2.83 bits per heavy atom. The summed E-state index contributed by atoms with van der Waals surface area (Å²) in [5.74, 6) is 0.792. The summed E-state index contributed by atoms with van der Waals surface area (Å²) in [6.45, 7) is 2.25. The zero-order valence-electron chi connectivity index (χ0n) is 12.9. The standard InChI is InChI=1S/C18H16ClNO3/c1-11-15-9-14(22-2)6-7-16(15)23-17(11)18(21)20-10-12-4-3-5-13(19)8-12/h3-9H,10H2,1-2H3,(H,20,21). The van der Waals surface area contributed by atoms with Gasteiger partial charge in [0.2, 0.25) is 0 Å². The van der Waals surface area contributed by atoms with Gasteiger partial charge in [-0.1, -0.05) is 23.7 Å². The van der Waals surface area contributed by atoms with Gasteiger partial charge in [-0.05, 0) is 42.8 Å². The lowest BCUT2D eigenvalue weighted by atomic mass is 10.1. The van der Waals surface area contributed by atoms with Crippen LogP contribution in [0.1, 0.15) is 21.7 Å². The molecule has 1 heterocycles. The van der Waals surface area contributed by atoms with Crippen LogP contribution in [0.3, 0.4) is 0 Å². The Balaban J connectivity index is 1.82. The van der Waals surface area contributed by atoms with Gasteiger partial charge in [0.05, 0.1) is 7.11 Å². The Kier molecular flexibility index (Phi) is 4.26. The zero-order valence-corrected chi connectivity index (χ0v) is 13.6. The highest BCUT2D eigenvalue weighted by Gasteiger charge is 2.17. The topological polar surface area (TPSA) is 51.5 Å². The Bertz CT molecular complexity index is 870. The highest BCUT2D eigenvalue weighted by Crippen LogP contribution is 2.28. The molecule has 1 N–H and O–H groups in total. The predicted octanol–water partition coefficient (Wildman–Crippen LogP) is 4.33. The second-order valence-electron chi connectivity index (χ2n) is 5.23. The molecule has 0 aliphatic heterocycles. The van der Waals surface area contributed by atoms with Crippen molar-refractivity contribution >= 4 is 28.5 Å². The number of furan rings is 1. The molecule has 3 rings (SSSR count). The van der Waals surface area contributed by atoms with E-state index < -0.39 is 0 Å². The monoisotopic (exact) mass is 329 g/mol. The van der Waals surface area contributed by atoms with Crippen molar-refractivity contribution in [2.45, 2.75) is 13.5 Å². The number of hydrogen-bond donors (Lipinski definition) is 1. The summed E-state index contributed by atoms with van der Waals surface area (Å²) in [5, 5.41) is 4.37. The minimum atomic E-state index is -0.252. The maximum absolute atomic E-state index is 12.4. The van der Waals surface area contributed by atoms with Gasteiger partial charge in [0.25, 0.3) is 5.91 Å². The lowest BCUT2D eigenvalue weighted by Gasteiger charge is -2.04. The number of aryl methyl sites for hydroxylation is 1. The van der Waals surface area contributed by atoms with Crippen LogP contribution in [0.15, 0.2) is 46.9 Å². The number of ether oxygens (including phenoxy) is 1. The summed E-state index contributed by atoms with van der Waals surface area (Å²) >= 11 is 5.94. The summed E-state index contributed by atoms with van der Waals surface area (Å²) in [6, 6.07) is 12.8. The molecule has 23 heavy (non-hydrogen) atoms. The van der Waals surface area contributed by atoms with Crippen LogP contribution in [0, 0.1) is 6.92 Å². The summed E-state index contributed by atoms with van der Waals surface area (Å²) in [4.78, 5) is 12.4. The average molecular weight is 330 g/mol. The molecule has 1 amide bonds. The van der Waals surface area contributed by atoms with Crippen LogP contribution in [0.2, 0.25) is 5.02 Å². The fourth-order valence-electron chi connectivity index (χ4n) is 2.45. The van der Waals surface area contributed by atoms with Gasteiger partial charge in [-0.25, -0.2) is 0 Å². The van der Waals surface area contributed by atoms with E-state index in [1.807, 2.05) is 31.2 Å². The van der Waals surface area contributed by atoms with Gasteiger partial charge in [0.1, 0.15) is 11.3 Å². The molecular formula is C18H16ClNO3. The predicted molar refractivity (Wildman–Crippen MR) is 90.1 cm³/mol. The molecule has 0 bridgehead atoms. The Morgan fingerprint density at radius 1 is 1.26 bits per heavy atom. The van der Waals surface area contributed by atoms with E-state index in [1.54, 1.807) is 25.3 Å². The van der Waals surface area contributed by atoms with Crippen molar-refractivity contribution in [1.82, 2.24) is 5.32 Å². The maximum atomic E-state index is 12.4. The number of fused-ring (bicyclic) bond motifs is 1. The molecule has 1 aromatic heterocycles. The number of benzene rings is 2. The van der Waals surface area contributed by atoms with E-state index in [1.165, 1.54) is 0 Å². The number of carbonyl (C=O) groups excluding carboxylic acids is 1. The quantitative estimate of drug-likeness (QED) is 0.775. The van der Waals surface area contributed by atoms with Gasteiger partial charge in [0, 0.05) is 22.5 Å². The highest BCUT2D eigenvalue weighted by atomic mass is 35.5. The molecule has 0 atom stereocenters. The van der Waals surface area contributed by atoms with E-state index in [0.29, 0.717) is 22.9 Å². The Hall–Kier alpha value is -2.46. The molecule has 3 aromatic rings. The smallest absolute Gasteiger partial charge is 0.287 e. The fourth-order valence-corrected chi connectivity index (χ4v) is 2.67. The number of rotatable bonds is 4. The van der Waals surface area contributed by atoms with E-state index in [9.17, 15) is 4.79 Å². The summed E-state index contributed by atoms with van der Waals surface area (Å²) in [5.41, 5.74) is 2.39. The summed E-state index contributed by atoms with van der Waals surface area (Å²) in [7, 11) is 1.61. The first-order chi connectivity index (χ1) is 11.1. The van der Waals surface area contributed by atoms with E-state index >= 15 is 0 Å². The third-order valence-electron chi connectivity index (χ3n) is 3.69. The van der Waals surface area contributed by atoms with Gasteiger partial charge < -0.3 is 14.5 Å². The lowest BCUT2D eigenvalue weighted by Crippen LogP contribution is -2.22. The van der Waals surface area contributed by atoms with Crippen LogP contribution in [0.4, 0.5) is 0 Å². The summed E-state index contributed by atoms with van der Waals surface area (Å²) in [6.07, 6.45) is 0. The van der Waals surface area contributed by atoms with Crippen LogP contribution in [0.25, 0.3) is 11.0 Å². The third-order valence-corrected chi connectivity index (χ3v) is 3.93. The van der Waals surface area contributed by atoms with Crippen LogP contribution < -0.4 is 10.1 Å². The molecule has 0 radical (unpaired) electrons. The first-order valence-corrected chi connectivity index (χ1v) is 7.56. The molecule has 0 aliphatic rings. The third kappa shape index (κ3) is 3.17. The van der Waals surface area contributed by atoms with Gasteiger partial charge in [-0.3, -0.25) is 4.79 Å². The van der Waals surface area contributed by atoms with Crippen molar-refractivity contribution in [3.8, 4) is 5.75 Å². The van der Waals surface area contributed by atoms with Crippen molar-refractivity contribution < 1.29 is 13.9 Å². The van der Waals surface area contributed by atoms with Crippen molar-refractivity contribution in [2.75, 3.05) is 7.11 Å². The molecule has 2 aromatic carbocycles. The second-order valence-corrected chi connectivity index (χ2v) is 5.67. The number of hydrogen-bond acceptors (Lipinski definition) is 3. The minimum absolute atomic E-state index is 0.252. The van der Waals surface area contributed by atoms with Gasteiger partial charge in [-0.2, -0.15) is 0 Å². The molecular weight excluding hydrogens is 314 g/mol. The molecule has 0 aliphatic carbocycles. The molecule has 0 unspecified atom stereocenters. The van der Waals surface area contributed by atoms with E-state index in [4.69, 9.17) is 20.8 Å². The van der Waals surface area contributed by atoms with Crippen molar-refractivity contribution in [3.63, 3.8) is 0 Å². The van der Waals surface area contributed by atoms with Gasteiger partial charge >= 0.3 is 0 Å². The molecule has 118 valence electrons. The largest absolute Gasteiger partial charge is 0.497 e. The number of halogens is 1. The first-order valence-electron chi connectivity index (χ1n) is 7.18. The molecule has 5 heteroatoms. The van der Waals surface area contributed by atoms with E-state index in [2.05, 4.69) is 5.32 Å². The lowest BCUT2D eigenvalue weighted by molar-refractivity contribution is 0.0924. The Labute approximate surface area is 139 Å². The van der Waals surface area contributed by atoms with Crippen LogP contribution >= 0.6 is 11.6 Å². The van der Waals surface area contributed by atoms with Crippen molar-refractivity contribution in [2.24, 2.45) is 0 Å². The second kappa shape index (κ2) is 6.34. The van der Waals surface area contributed by atoms with Crippen LogP contribution in [0.5, 0.6) is 5.75 Å². The van der Waals surface area contributed by atoms with Gasteiger partial charge in [0.15, 0.2) is 5.76 Å². The molecule has 0 spiro atoms. The zero-order chi connectivity index (χ0) is 16.4. The minimum Gasteiger partial charge on any atom is -0.497 e. The molecule has 0 saturated carbocycles. The number of amides is 1. The molecule has 4 nitrogen and oxygen atoms in total. The number of nitrogens with one attached hydrogen (secondary N) is 1. The highest BCUT2D eigenvalue weighted by molar-refractivity contribution is 6.30. The first kappa shape index (κ1) is 15.4. The van der Waals surface area contributed by atoms with Crippen LogP contribution in [-0.2, 0) is 6.54 Å². The molecule has 0 saturated heterocycles. The molecule has 0 fully saturated rings. The number of carbonyl (C=O) groups is 1. The summed E-state index contributed by atoms with van der Waals surface area (Å²) < 4.78 is 10.9. The van der Waals surface area contributed by atoms with E-state index in [0.717, 1.165) is 22.3 Å². The number of methoxy groups -OCH3 is 1. The van der Waals surface area contributed by atoms with E-state index in [-0.39, 0.29) is 5.91 Å².